The number of Topliss-reactive ketones (excluding diaryl/α,β-unsaturated/α-hetero) is 1. The molecule has 0 aliphatic heterocycles. The number of hydrogen-bond acceptors (Lipinski definition) is 4. The van der Waals surface area contributed by atoms with Gasteiger partial charge in [-0.05, 0) is 30.0 Å². The van der Waals surface area contributed by atoms with Gasteiger partial charge in [0.25, 0.3) is 0 Å². The highest BCUT2D eigenvalue weighted by molar-refractivity contribution is 7.08. The fourth-order valence-electron chi connectivity index (χ4n) is 2.79. The molecule has 0 fully saturated rings. The van der Waals surface area contributed by atoms with E-state index in [-0.39, 0.29) is 5.78 Å². The highest BCUT2D eigenvalue weighted by Crippen LogP contribution is 2.25. The van der Waals surface area contributed by atoms with E-state index in [2.05, 4.69) is 31.2 Å². The van der Waals surface area contributed by atoms with Crippen molar-refractivity contribution in [3.63, 3.8) is 0 Å². The highest BCUT2D eigenvalue weighted by atomic mass is 32.1. The van der Waals surface area contributed by atoms with Crippen LogP contribution in [0.3, 0.4) is 0 Å². The Morgan fingerprint density at radius 2 is 2.08 bits per heavy atom. The Labute approximate surface area is 143 Å². The van der Waals surface area contributed by atoms with Crippen molar-refractivity contribution in [1.29, 1.82) is 0 Å². The van der Waals surface area contributed by atoms with Crippen LogP contribution in [0.15, 0.2) is 59.7 Å². The average Bonchev–Trinajstić information content (AvgIpc) is 3.23. The molecular formula is C19H15N3OS. The summed E-state index contributed by atoms with van der Waals surface area (Å²) >= 11 is 1.67. The number of carbonyl (C=O) groups excluding carboxylic acids is 1. The number of nitrogens with zero attached hydrogens (tertiary/aromatic N) is 3. The van der Waals surface area contributed by atoms with Crippen molar-refractivity contribution < 1.29 is 4.79 Å². The van der Waals surface area contributed by atoms with Gasteiger partial charge in [0.05, 0.1) is 23.8 Å². The molecule has 118 valence electrons. The second-order valence-corrected chi connectivity index (χ2v) is 6.52. The van der Waals surface area contributed by atoms with E-state index in [1.807, 2.05) is 36.7 Å². The number of imidazole rings is 1. The molecule has 0 radical (unpaired) electrons. The first kappa shape index (κ1) is 14.8. The summed E-state index contributed by atoms with van der Waals surface area (Å²) in [5.41, 5.74) is 5.89. The number of rotatable bonds is 4. The molecule has 1 aromatic carbocycles. The van der Waals surface area contributed by atoms with Gasteiger partial charge in [-0.2, -0.15) is 11.3 Å². The Morgan fingerprint density at radius 3 is 2.88 bits per heavy atom. The molecule has 0 bridgehead atoms. The zero-order valence-corrected chi connectivity index (χ0v) is 14.0. The van der Waals surface area contributed by atoms with Gasteiger partial charge in [-0.3, -0.25) is 14.2 Å². The largest absolute Gasteiger partial charge is 0.300 e. The van der Waals surface area contributed by atoms with Gasteiger partial charge in [0, 0.05) is 29.1 Å². The van der Waals surface area contributed by atoms with Crippen LogP contribution in [0.25, 0.3) is 28.2 Å². The maximum Gasteiger partial charge on any atom is 0.155 e. The van der Waals surface area contributed by atoms with Crippen LogP contribution in [0, 0.1) is 0 Å². The summed E-state index contributed by atoms with van der Waals surface area (Å²) in [5.74, 6) is 0.157. The molecule has 0 saturated carbocycles. The highest BCUT2D eigenvalue weighted by Gasteiger charge is 2.09. The molecule has 0 N–H and O–H groups in total. The lowest BCUT2D eigenvalue weighted by Crippen LogP contribution is -1.97. The maximum atomic E-state index is 11.4. The van der Waals surface area contributed by atoms with E-state index >= 15 is 0 Å². The fraction of sp³-hybridized carbons (Fsp3) is 0.105. The molecular weight excluding hydrogens is 318 g/mol. The van der Waals surface area contributed by atoms with Gasteiger partial charge in [-0.15, -0.1) is 0 Å². The van der Waals surface area contributed by atoms with Crippen molar-refractivity contribution in [2.24, 2.45) is 0 Å². The quantitative estimate of drug-likeness (QED) is 0.561. The zero-order chi connectivity index (χ0) is 16.5. The Morgan fingerprint density at radius 1 is 1.17 bits per heavy atom. The van der Waals surface area contributed by atoms with Crippen LogP contribution in [0.4, 0.5) is 0 Å². The lowest BCUT2D eigenvalue weighted by Gasteiger charge is -2.06. The zero-order valence-electron chi connectivity index (χ0n) is 13.1. The summed E-state index contributed by atoms with van der Waals surface area (Å²) in [4.78, 5) is 20.3. The molecule has 24 heavy (non-hydrogen) atoms. The van der Waals surface area contributed by atoms with Crippen molar-refractivity contribution in [2.75, 3.05) is 0 Å². The van der Waals surface area contributed by atoms with Gasteiger partial charge in [-0.25, -0.2) is 4.98 Å². The van der Waals surface area contributed by atoms with Crippen molar-refractivity contribution in [3.8, 4) is 22.5 Å². The number of fused-ring (bicyclic) bond motifs is 1. The van der Waals surface area contributed by atoms with E-state index in [9.17, 15) is 4.79 Å². The molecule has 0 aliphatic rings. The number of benzene rings is 1. The van der Waals surface area contributed by atoms with Crippen LogP contribution in [-0.4, -0.2) is 20.2 Å². The van der Waals surface area contributed by atoms with Crippen LogP contribution < -0.4 is 0 Å². The number of aromatic nitrogens is 3. The Kier molecular flexibility index (Phi) is 3.70. The van der Waals surface area contributed by atoms with E-state index in [0.717, 1.165) is 33.7 Å². The monoisotopic (exact) mass is 333 g/mol. The van der Waals surface area contributed by atoms with Crippen LogP contribution in [0.5, 0.6) is 0 Å². The molecule has 0 atom stereocenters. The molecule has 4 aromatic rings. The van der Waals surface area contributed by atoms with Gasteiger partial charge < -0.3 is 0 Å². The van der Waals surface area contributed by atoms with E-state index in [4.69, 9.17) is 0 Å². The summed E-state index contributed by atoms with van der Waals surface area (Å²) in [6, 6.07) is 10.1. The minimum Gasteiger partial charge on any atom is -0.300 e. The number of thiophene rings is 1. The smallest absolute Gasteiger partial charge is 0.155 e. The molecule has 0 amide bonds. The van der Waals surface area contributed by atoms with Crippen molar-refractivity contribution in [1.82, 2.24) is 14.4 Å². The average molecular weight is 333 g/mol. The van der Waals surface area contributed by atoms with Crippen LogP contribution in [0.2, 0.25) is 0 Å². The van der Waals surface area contributed by atoms with Crippen LogP contribution in [-0.2, 0) is 11.2 Å². The van der Waals surface area contributed by atoms with E-state index in [1.54, 1.807) is 24.5 Å². The third kappa shape index (κ3) is 2.74. The lowest BCUT2D eigenvalue weighted by atomic mass is 10.0. The predicted molar refractivity (Wildman–Crippen MR) is 96.1 cm³/mol. The first-order valence-corrected chi connectivity index (χ1v) is 8.59. The van der Waals surface area contributed by atoms with Crippen molar-refractivity contribution in [3.05, 3.63) is 65.2 Å². The minimum absolute atomic E-state index is 0.157. The van der Waals surface area contributed by atoms with Gasteiger partial charge >= 0.3 is 0 Å². The third-order valence-corrected chi connectivity index (χ3v) is 4.57. The summed E-state index contributed by atoms with van der Waals surface area (Å²) in [6.45, 7) is 1.61. The van der Waals surface area contributed by atoms with E-state index < -0.39 is 0 Å². The Hall–Kier alpha value is -2.79. The molecule has 0 aliphatic carbocycles. The SMILES string of the molecule is CC(=O)Cc1cccc(-c2cn3c(-c4ccsc4)cnc3cn2)c1. The van der Waals surface area contributed by atoms with Gasteiger partial charge in [0.15, 0.2) is 5.65 Å². The van der Waals surface area contributed by atoms with Crippen LogP contribution >= 0.6 is 11.3 Å². The molecule has 4 rings (SSSR count). The number of ketones is 1. The predicted octanol–water partition coefficient (Wildman–Crippen LogP) is 4.26. The minimum atomic E-state index is 0.157. The fourth-order valence-corrected chi connectivity index (χ4v) is 3.44. The first-order valence-electron chi connectivity index (χ1n) is 7.65. The molecule has 3 aromatic heterocycles. The second kappa shape index (κ2) is 6.02. The van der Waals surface area contributed by atoms with E-state index in [1.165, 1.54) is 0 Å². The molecule has 4 nitrogen and oxygen atoms in total. The van der Waals surface area contributed by atoms with E-state index in [0.29, 0.717) is 6.42 Å². The lowest BCUT2D eigenvalue weighted by molar-refractivity contribution is -0.116. The summed E-state index contributed by atoms with van der Waals surface area (Å²) in [6.07, 6.45) is 6.10. The maximum absolute atomic E-state index is 11.4. The second-order valence-electron chi connectivity index (χ2n) is 5.74. The van der Waals surface area contributed by atoms with Crippen molar-refractivity contribution >= 4 is 22.8 Å². The molecule has 0 unspecified atom stereocenters. The van der Waals surface area contributed by atoms with Crippen molar-refractivity contribution in [2.45, 2.75) is 13.3 Å². The Bertz CT molecular complexity index is 1020. The number of hydrogen-bond donors (Lipinski definition) is 0. The van der Waals surface area contributed by atoms with Gasteiger partial charge in [-0.1, -0.05) is 18.2 Å². The first-order chi connectivity index (χ1) is 11.7. The summed E-state index contributed by atoms with van der Waals surface area (Å²) < 4.78 is 2.06. The summed E-state index contributed by atoms with van der Waals surface area (Å²) in [5, 5.41) is 4.17. The number of carbonyl (C=O) groups is 1. The Balaban J connectivity index is 1.80. The van der Waals surface area contributed by atoms with Gasteiger partial charge in [0.2, 0.25) is 0 Å². The third-order valence-electron chi connectivity index (χ3n) is 3.89. The van der Waals surface area contributed by atoms with Crippen LogP contribution in [0.1, 0.15) is 12.5 Å². The standard InChI is InChI=1S/C19H15N3OS/c1-13(23)7-14-3-2-4-15(8-14)17-11-22-18(16-5-6-24-12-16)9-21-19(22)10-20-17/h2-6,8-12H,7H2,1H3. The molecule has 0 spiro atoms. The molecule has 5 heteroatoms. The van der Waals surface area contributed by atoms with Gasteiger partial charge in [0.1, 0.15) is 5.78 Å². The summed E-state index contributed by atoms with van der Waals surface area (Å²) in [7, 11) is 0. The molecule has 0 saturated heterocycles. The topological polar surface area (TPSA) is 47.3 Å². The normalized spacial score (nSPS) is 11.0. The molecule has 3 heterocycles.